The highest BCUT2D eigenvalue weighted by molar-refractivity contribution is 7.13. The molecule has 3 amide bonds. The average Bonchev–Trinajstić information content (AvgIpc) is 3.27. The van der Waals surface area contributed by atoms with Crippen LogP contribution in [0.4, 0.5) is 16.2 Å². The number of halogens is 1. The van der Waals surface area contributed by atoms with Crippen molar-refractivity contribution >= 4 is 46.3 Å². The minimum absolute atomic E-state index is 0.165. The van der Waals surface area contributed by atoms with Crippen LogP contribution in [0.25, 0.3) is 0 Å². The predicted molar refractivity (Wildman–Crippen MR) is 123 cm³/mol. The zero-order valence-electron chi connectivity index (χ0n) is 17.0. The predicted octanol–water partition coefficient (Wildman–Crippen LogP) is 5.16. The summed E-state index contributed by atoms with van der Waals surface area (Å²) in [5, 5.41) is 15.7. The van der Waals surface area contributed by atoms with Gasteiger partial charge in [-0.15, -0.1) is 10.2 Å². The van der Waals surface area contributed by atoms with E-state index >= 15 is 0 Å². The van der Waals surface area contributed by atoms with Crippen molar-refractivity contribution in [3.05, 3.63) is 69.1 Å². The summed E-state index contributed by atoms with van der Waals surface area (Å²) in [6.45, 7) is 3.20. The fourth-order valence-electron chi connectivity index (χ4n) is 3.40. The van der Waals surface area contributed by atoms with Crippen LogP contribution < -0.4 is 10.6 Å². The van der Waals surface area contributed by atoms with Crippen LogP contribution in [0, 0.1) is 6.92 Å². The fraction of sp³-hybridized carbons (Fsp3) is 0.273. The lowest BCUT2D eigenvalue weighted by molar-refractivity contribution is 0.102. The van der Waals surface area contributed by atoms with Gasteiger partial charge in [0, 0.05) is 24.7 Å². The van der Waals surface area contributed by atoms with Crippen molar-refractivity contribution in [1.29, 1.82) is 0 Å². The molecule has 0 saturated carbocycles. The van der Waals surface area contributed by atoms with E-state index in [1.165, 1.54) is 11.3 Å². The number of carbonyl (C=O) groups excluding carboxylic acids is 2. The molecule has 9 heteroatoms. The Bertz CT molecular complexity index is 1080. The lowest BCUT2D eigenvalue weighted by Crippen LogP contribution is -2.40. The van der Waals surface area contributed by atoms with Crippen molar-refractivity contribution in [2.24, 2.45) is 0 Å². The van der Waals surface area contributed by atoms with E-state index in [-0.39, 0.29) is 17.9 Å². The van der Waals surface area contributed by atoms with E-state index in [0.717, 1.165) is 29.1 Å². The first-order valence-corrected chi connectivity index (χ1v) is 11.2. The Morgan fingerprint density at radius 3 is 2.45 bits per heavy atom. The minimum atomic E-state index is -0.260. The highest BCUT2D eigenvalue weighted by Gasteiger charge is 2.27. The number of aryl methyl sites for hydroxylation is 1. The summed E-state index contributed by atoms with van der Waals surface area (Å²) in [6.07, 6.45) is 1.54. The molecule has 31 heavy (non-hydrogen) atoms. The standard InChI is InChI=1S/C22H22ClN5O2S/c1-14-6-8-16(9-7-14)24-19(29)21-27-26-20(31-21)15-10-12-28(13-11-15)22(30)25-18-5-3-2-4-17(18)23/h2-9,15H,10-13H2,1H3,(H,24,29)(H,25,30). The van der Waals surface area contributed by atoms with Gasteiger partial charge in [-0.25, -0.2) is 4.79 Å². The maximum absolute atomic E-state index is 12.5. The smallest absolute Gasteiger partial charge is 0.321 e. The summed E-state index contributed by atoms with van der Waals surface area (Å²) in [6, 6.07) is 14.6. The SMILES string of the molecule is Cc1ccc(NC(=O)c2nnc(C3CCN(C(=O)Nc4ccccc4Cl)CC3)s2)cc1. The number of nitrogens with zero attached hydrogens (tertiary/aromatic N) is 3. The summed E-state index contributed by atoms with van der Waals surface area (Å²) in [4.78, 5) is 26.8. The molecule has 0 atom stereocenters. The van der Waals surface area contributed by atoms with E-state index in [4.69, 9.17) is 11.6 Å². The Balaban J connectivity index is 1.31. The van der Waals surface area contributed by atoms with Gasteiger partial charge in [-0.1, -0.05) is 52.8 Å². The quantitative estimate of drug-likeness (QED) is 0.568. The number of para-hydroxylation sites is 1. The van der Waals surface area contributed by atoms with E-state index in [0.29, 0.717) is 28.8 Å². The molecular weight excluding hydrogens is 434 g/mol. The van der Waals surface area contributed by atoms with Gasteiger partial charge in [0.15, 0.2) is 0 Å². The number of urea groups is 1. The number of rotatable bonds is 4. The summed E-state index contributed by atoms with van der Waals surface area (Å²) < 4.78 is 0. The second-order valence-corrected chi connectivity index (χ2v) is 8.85. The molecule has 7 nitrogen and oxygen atoms in total. The van der Waals surface area contributed by atoms with Crippen LogP contribution in [0.15, 0.2) is 48.5 Å². The number of carbonyl (C=O) groups is 2. The van der Waals surface area contributed by atoms with Gasteiger partial charge in [0.2, 0.25) is 5.01 Å². The Morgan fingerprint density at radius 2 is 1.74 bits per heavy atom. The maximum atomic E-state index is 12.5. The first-order chi connectivity index (χ1) is 15.0. The molecule has 3 aromatic rings. The van der Waals surface area contributed by atoms with Crippen LogP contribution in [0.3, 0.4) is 0 Å². The maximum Gasteiger partial charge on any atom is 0.321 e. The first kappa shape index (κ1) is 21.3. The van der Waals surface area contributed by atoms with E-state index in [1.807, 2.05) is 43.3 Å². The molecule has 0 unspecified atom stereocenters. The molecule has 1 aromatic heterocycles. The molecule has 4 rings (SSSR count). The average molecular weight is 456 g/mol. The molecule has 0 spiro atoms. The summed E-state index contributed by atoms with van der Waals surface area (Å²) in [5.74, 6) is -0.0769. The van der Waals surface area contributed by atoms with Crippen molar-refractivity contribution in [2.45, 2.75) is 25.7 Å². The molecule has 1 saturated heterocycles. The van der Waals surface area contributed by atoms with E-state index in [9.17, 15) is 9.59 Å². The Labute approximate surface area is 189 Å². The largest absolute Gasteiger partial charge is 0.324 e. The molecule has 1 aliphatic heterocycles. The summed E-state index contributed by atoms with van der Waals surface area (Å²) in [7, 11) is 0. The van der Waals surface area contributed by atoms with Crippen molar-refractivity contribution in [2.75, 3.05) is 23.7 Å². The van der Waals surface area contributed by atoms with Crippen LogP contribution in [0.1, 0.15) is 39.1 Å². The van der Waals surface area contributed by atoms with Gasteiger partial charge in [0.1, 0.15) is 5.01 Å². The Hall–Kier alpha value is -2.97. The van der Waals surface area contributed by atoms with Crippen LogP contribution in [0.5, 0.6) is 0 Å². The third-order valence-electron chi connectivity index (χ3n) is 5.19. The molecule has 1 fully saturated rings. The van der Waals surface area contributed by atoms with Crippen molar-refractivity contribution < 1.29 is 9.59 Å². The van der Waals surface area contributed by atoms with E-state index in [1.54, 1.807) is 17.0 Å². The highest BCUT2D eigenvalue weighted by atomic mass is 35.5. The monoisotopic (exact) mass is 455 g/mol. The van der Waals surface area contributed by atoms with Gasteiger partial charge in [-0.2, -0.15) is 0 Å². The minimum Gasteiger partial charge on any atom is -0.324 e. The Morgan fingerprint density at radius 1 is 1.03 bits per heavy atom. The molecule has 160 valence electrons. The van der Waals surface area contributed by atoms with Crippen LogP contribution in [0.2, 0.25) is 5.02 Å². The summed E-state index contributed by atoms with van der Waals surface area (Å²) >= 11 is 7.43. The van der Waals surface area contributed by atoms with Gasteiger partial charge in [0.25, 0.3) is 5.91 Å². The number of piperidine rings is 1. The number of nitrogens with one attached hydrogen (secondary N) is 2. The third-order valence-corrected chi connectivity index (χ3v) is 6.61. The second-order valence-electron chi connectivity index (χ2n) is 7.44. The van der Waals surface area contributed by atoms with Crippen molar-refractivity contribution in [1.82, 2.24) is 15.1 Å². The van der Waals surface area contributed by atoms with Crippen LogP contribution in [-0.4, -0.2) is 40.1 Å². The normalized spacial score (nSPS) is 14.3. The van der Waals surface area contributed by atoms with E-state index in [2.05, 4.69) is 20.8 Å². The Kier molecular flexibility index (Phi) is 6.48. The number of likely N-dealkylation sites (tertiary alicyclic amines) is 1. The topological polar surface area (TPSA) is 87.2 Å². The van der Waals surface area contributed by atoms with Crippen LogP contribution >= 0.6 is 22.9 Å². The van der Waals surface area contributed by atoms with Gasteiger partial charge in [-0.3, -0.25) is 4.79 Å². The molecule has 0 radical (unpaired) electrons. The zero-order valence-corrected chi connectivity index (χ0v) is 18.5. The molecule has 0 bridgehead atoms. The zero-order chi connectivity index (χ0) is 21.8. The molecular formula is C22H22ClN5O2S. The number of hydrogen-bond acceptors (Lipinski definition) is 5. The highest BCUT2D eigenvalue weighted by Crippen LogP contribution is 2.31. The number of amides is 3. The number of benzene rings is 2. The molecule has 0 aliphatic carbocycles. The lowest BCUT2D eigenvalue weighted by atomic mass is 9.98. The molecule has 2 heterocycles. The number of anilines is 2. The van der Waals surface area contributed by atoms with Gasteiger partial charge >= 0.3 is 6.03 Å². The summed E-state index contributed by atoms with van der Waals surface area (Å²) in [5.41, 5.74) is 2.46. The van der Waals surface area contributed by atoms with E-state index < -0.39 is 0 Å². The molecule has 2 N–H and O–H groups in total. The van der Waals surface area contributed by atoms with Gasteiger partial charge < -0.3 is 15.5 Å². The third kappa shape index (κ3) is 5.21. The second kappa shape index (κ2) is 9.45. The molecule has 1 aliphatic rings. The number of hydrogen-bond donors (Lipinski definition) is 2. The fourth-order valence-corrected chi connectivity index (χ4v) is 4.49. The van der Waals surface area contributed by atoms with Gasteiger partial charge in [0.05, 0.1) is 10.7 Å². The van der Waals surface area contributed by atoms with Crippen molar-refractivity contribution in [3.63, 3.8) is 0 Å². The first-order valence-electron chi connectivity index (χ1n) is 10.0. The number of aromatic nitrogens is 2. The van der Waals surface area contributed by atoms with Crippen molar-refractivity contribution in [3.8, 4) is 0 Å². The van der Waals surface area contributed by atoms with Gasteiger partial charge in [-0.05, 0) is 44.0 Å². The molecule has 2 aromatic carbocycles. The lowest BCUT2D eigenvalue weighted by Gasteiger charge is -2.31. The van der Waals surface area contributed by atoms with Crippen LogP contribution in [-0.2, 0) is 0 Å².